The van der Waals surface area contributed by atoms with Gasteiger partial charge in [-0.1, -0.05) is 164 Å². The van der Waals surface area contributed by atoms with E-state index in [4.69, 9.17) is 0 Å². The van der Waals surface area contributed by atoms with Crippen LogP contribution in [0.5, 0.6) is 0 Å². The summed E-state index contributed by atoms with van der Waals surface area (Å²) in [5.41, 5.74) is 17.5. The third-order valence-electron chi connectivity index (χ3n) is 12.5. The minimum Gasteiger partial charge on any atom is -0.311 e. The first-order valence-electron chi connectivity index (χ1n) is 21.6. The Kier molecular flexibility index (Phi) is 8.83. The van der Waals surface area contributed by atoms with E-state index in [2.05, 4.69) is 263 Å². The Morgan fingerprint density at radius 3 is 1.02 bits per heavy atom. The van der Waals surface area contributed by atoms with E-state index in [1.165, 1.54) is 77.0 Å². The Morgan fingerprint density at radius 2 is 0.540 bits per heavy atom. The van der Waals surface area contributed by atoms with Crippen molar-refractivity contribution in [3.05, 3.63) is 249 Å². The van der Waals surface area contributed by atoms with Gasteiger partial charge in [-0.15, -0.1) is 0 Å². The molecule has 0 N–H and O–H groups in total. The minimum atomic E-state index is 1.09. The smallest absolute Gasteiger partial charge is 0.0547 e. The van der Waals surface area contributed by atoms with Crippen LogP contribution in [0.1, 0.15) is 0 Å². The van der Waals surface area contributed by atoms with Crippen LogP contribution in [0.3, 0.4) is 0 Å². The molecule has 2 aromatic heterocycles. The molecule has 12 rings (SSSR count). The number of hydrogen-bond acceptors (Lipinski definition) is 1. The van der Waals surface area contributed by atoms with E-state index >= 15 is 0 Å². The minimum absolute atomic E-state index is 1.09. The van der Waals surface area contributed by atoms with Gasteiger partial charge in [0.15, 0.2) is 0 Å². The van der Waals surface area contributed by atoms with Crippen LogP contribution in [0.15, 0.2) is 249 Å². The molecule has 0 aliphatic carbocycles. The highest BCUT2D eigenvalue weighted by Crippen LogP contribution is 2.40. The number of benzene rings is 10. The number of nitrogens with zero attached hydrogens (tertiary/aromatic N) is 3. The van der Waals surface area contributed by atoms with E-state index in [1.807, 2.05) is 0 Å². The van der Waals surface area contributed by atoms with Crippen molar-refractivity contribution in [3.63, 3.8) is 0 Å². The SMILES string of the molecule is c1ccc(-c2ccc(N(c3ccc(-c4ccc(-n5c6ccccc6c6ccccc65)cc4)cc3)c3ccc(-c4ccc5c6ccccc6n(-c6ccccc6)c5c4)cc3)cc2)cc1. The first kappa shape index (κ1) is 36.5. The van der Waals surface area contributed by atoms with Gasteiger partial charge in [-0.05, 0) is 118 Å². The third kappa shape index (κ3) is 6.38. The summed E-state index contributed by atoms with van der Waals surface area (Å²) in [6.07, 6.45) is 0. The van der Waals surface area contributed by atoms with Gasteiger partial charge in [0.25, 0.3) is 0 Å². The fourth-order valence-corrected chi connectivity index (χ4v) is 9.50. The molecule has 3 nitrogen and oxygen atoms in total. The van der Waals surface area contributed by atoms with Gasteiger partial charge in [0.05, 0.1) is 22.1 Å². The van der Waals surface area contributed by atoms with Crippen molar-refractivity contribution in [2.24, 2.45) is 0 Å². The molecule has 0 saturated heterocycles. The summed E-state index contributed by atoms with van der Waals surface area (Å²) in [6, 6.07) is 90.0. The summed E-state index contributed by atoms with van der Waals surface area (Å²) in [7, 11) is 0. The number of fused-ring (bicyclic) bond motifs is 6. The first-order chi connectivity index (χ1) is 31.2. The van der Waals surface area contributed by atoms with Gasteiger partial charge >= 0.3 is 0 Å². The van der Waals surface area contributed by atoms with Crippen LogP contribution >= 0.6 is 0 Å². The Labute approximate surface area is 366 Å². The highest BCUT2D eigenvalue weighted by Gasteiger charge is 2.17. The van der Waals surface area contributed by atoms with Gasteiger partial charge < -0.3 is 14.0 Å². The molecule has 0 spiro atoms. The maximum Gasteiger partial charge on any atom is 0.0547 e. The second kappa shape index (κ2) is 15.3. The highest BCUT2D eigenvalue weighted by molar-refractivity contribution is 6.11. The molecule has 0 aliphatic rings. The number of anilines is 3. The van der Waals surface area contributed by atoms with E-state index in [0.29, 0.717) is 0 Å². The van der Waals surface area contributed by atoms with Crippen molar-refractivity contribution in [1.29, 1.82) is 0 Å². The van der Waals surface area contributed by atoms with E-state index in [9.17, 15) is 0 Å². The van der Waals surface area contributed by atoms with Gasteiger partial charge in [0.1, 0.15) is 0 Å². The number of aromatic nitrogens is 2. The molecule has 10 aromatic carbocycles. The van der Waals surface area contributed by atoms with Gasteiger partial charge in [-0.2, -0.15) is 0 Å². The molecular formula is C60H41N3. The first-order valence-corrected chi connectivity index (χ1v) is 21.6. The van der Waals surface area contributed by atoms with E-state index in [1.54, 1.807) is 0 Å². The van der Waals surface area contributed by atoms with Crippen LogP contribution in [0.4, 0.5) is 17.1 Å². The second-order valence-corrected chi connectivity index (χ2v) is 16.2. The van der Waals surface area contributed by atoms with Crippen LogP contribution in [0, 0.1) is 0 Å². The monoisotopic (exact) mass is 803 g/mol. The van der Waals surface area contributed by atoms with Crippen molar-refractivity contribution < 1.29 is 0 Å². The van der Waals surface area contributed by atoms with Gasteiger partial charge in [-0.25, -0.2) is 0 Å². The largest absolute Gasteiger partial charge is 0.311 e. The summed E-state index contributed by atoms with van der Waals surface area (Å²) in [4.78, 5) is 2.35. The zero-order valence-corrected chi connectivity index (χ0v) is 34.5. The van der Waals surface area contributed by atoms with Crippen molar-refractivity contribution in [3.8, 4) is 44.8 Å². The molecule has 0 saturated carbocycles. The summed E-state index contributed by atoms with van der Waals surface area (Å²) in [6.45, 7) is 0. The van der Waals surface area contributed by atoms with E-state index < -0.39 is 0 Å². The average Bonchev–Trinajstić information content (AvgIpc) is 3.88. The molecule has 0 atom stereocenters. The maximum absolute atomic E-state index is 2.38. The normalized spacial score (nSPS) is 11.5. The Morgan fingerprint density at radius 1 is 0.222 bits per heavy atom. The lowest BCUT2D eigenvalue weighted by Crippen LogP contribution is -2.09. The molecular weight excluding hydrogens is 763 g/mol. The molecule has 63 heavy (non-hydrogen) atoms. The van der Waals surface area contributed by atoms with Gasteiger partial charge in [0, 0.05) is 50.0 Å². The van der Waals surface area contributed by atoms with E-state index in [-0.39, 0.29) is 0 Å². The lowest BCUT2D eigenvalue weighted by atomic mass is 10.0. The van der Waals surface area contributed by atoms with Crippen LogP contribution in [-0.2, 0) is 0 Å². The molecule has 0 aliphatic heterocycles. The number of para-hydroxylation sites is 4. The maximum atomic E-state index is 2.38. The van der Waals surface area contributed by atoms with E-state index in [0.717, 1.165) is 28.4 Å². The molecule has 296 valence electrons. The van der Waals surface area contributed by atoms with Crippen molar-refractivity contribution in [2.75, 3.05) is 4.90 Å². The number of hydrogen-bond donors (Lipinski definition) is 0. The molecule has 0 amide bonds. The quantitative estimate of drug-likeness (QED) is 0.149. The van der Waals surface area contributed by atoms with Crippen LogP contribution in [0.25, 0.3) is 88.4 Å². The molecule has 0 fully saturated rings. The van der Waals surface area contributed by atoms with Gasteiger partial charge in [0.2, 0.25) is 0 Å². The summed E-state index contributed by atoms with van der Waals surface area (Å²) in [5.74, 6) is 0. The van der Waals surface area contributed by atoms with Crippen LogP contribution < -0.4 is 4.90 Å². The molecule has 0 bridgehead atoms. The Hall–Kier alpha value is -8.40. The predicted molar refractivity (Wildman–Crippen MR) is 266 cm³/mol. The second-order valence-electron chi connectivity index (χ2n) is 16.2. The molecule has 0 radical (unpaired) electrons. The lowest BCUT2D eigenvalue weighted by molar-refractivity contribution is 1.18. The van der Waals surface area contributed by atoms with Crippen LogP contribution in [0.2, 0.25) is 0 Å². The van der Waals surface area contributed by atoms with Crippen LogP contribution in [-0.4, -0.2) is 9.13 Å². The summed E-state index contributed by atoms with van der Waals surface area (Å²) < 4.78 is 4.75. The fourth-order valence-electron chi connectivity index (χ4n) is 9.50. The zero-order chi connectivity index (χ0) is 41.7. The molecule has 2 heterocycles. The lowest BCUT2D eigenvalue weighted by Gasteiger charge is -2.26. The Balaban J connectivity index is 0.897. The average molecular weight is 804 g/mol. The molecule has 3 heteroatoms. The third-order valence-corrected chi connectivity index (χ3v) is 12.5. The standard InChI is InChI=1S/C60H41N3/c1-3-13-42(14-4-1)43-23-32-49(33-24-43)61(50-34-25-44(26-35-50)45-27-38-52(39-28-45)62-57-20-10-7-17-53(57)54-18-8-11-21-58(54)62)51-36-29-46(30-37-51)47-31-40-56-55-19-9-12-22-59(55)63(60(56)41-47)48-15-5-2-6-16-48/h1-41H. The zero-order valence-electron chi connectivity index (χ0n) is 34.5. The number of rotatable bonds is 8. The topological polar surface area (TPSA) is 13.1 Å². The summed E-state index contributed by atoms with van der Waals surface area (Å²) >= 11 is 0. The Bertz CT molecular complexity index is 3510. The predicted octanol–water partition coefficient (Wildman–Crippen LogP) is 16.4. The highest BCUT2D eigenvalue weighted by atomic mass is 15.1. The molecule has 0 unspecified atom stereocenters. The van der Waals surface area contributed by atoms with Crippen molar-refractivity contribution >= 4 is 60.7 Å². The summed E-state index contributed by atoms with van der Waals surface area (Å²) in [5, 5.41) is 5.05. The molecule has 12 aromatic rings. The van der Waals surface area contributed by atoms with Gasteiger partial charge in [-0.3, -0.25) is 0 Å². The van der Waals surface area contributed by atoms with Crippen molar-refractivity contribution in [2.45, 2.75) is 0 Å². The fraction of sp³-hybridized carbons (Fsp3) is 0. The van der Waals surface area contributed by atoms with Crippen molar-refractivity contribution in [1.82, 2.24) is 9.13 Å².